The van der Waals surface area contributed by atoms with Crippen molar-refractivity contribution >= 4 is 30.5 Å². The normalized spacial score (nSPS) is 8.62. The molecule has 0 aliphatic heterocycles. The van der Waals surface area contributed by atoms with Gasteiger partial charge in [0.25, 0.3) is 5.69 Å². The van der Waals surface area contributed by atoms with Crippen LogP contribution in [0.2, 0.25) is 0 Å². The van der Waals surface area contributed by atoms with Crippen LogP contribution in [-0.2, 0) is 0 Å². The number of carbonyl (C=O) groups is 1. The van der Waals surface area contributed by atoms with Crippen LogP contribution in [0.5, 0.6) is 0 Å². The summed E-state index contributed by atoms with van der Waals surface area (Å²) < 4.78 is 0. The summed E-state index contributed by atoms with van der Waals surface area (Å²) in [5, 5.41) is 18.8. The Kier molecular flexibility index (Phi) is 4.18. The molecule has 0 bridgehead atoms. The van der Waals surface area contributed by atoms with E-state index in [1.165, 1.54) is 18.2 Å². The molecule has 1 aromatic rings. The van der Waals surface area contributed by atoms with Gasteiger partial charge in [0.1, 0.15) is 5.56 Å². The van der Waals surface area contributed by atoms with Gasteiger partial charge in [0.05, 0.1) is 4.92 Å². The third-order valence-electron chi connectivity index (χ3n) is 1.33. The SMILES string of the molecule is O=C(O)c1ccccc1[N+](=O)[O-].[LiH]. The minimum atomic E-state index is -1.29. The van der Waals surface area contributed by atoms with Crippen LogP contribution in [0.4, 0.5) is 5.69 Å². The molecule has 1 N–H and O–H groups in total. The first-order valence-corrected chi connectivity index (χ1v) is 3.09. The van der Waals surface area contributed by atoms with E-state index in [0.29, 0.717) is 0 Å². The number of rotatable bonds is 2. The summed E-state index contributed by atoms with van der Waals surface area (Å²) in [6.45, 7) is 0. The van der Waals surface area contributed by atoms with Gasteiger partial charge in [-0.1, -0.05) is 12.1 Å². The predicted octanol–water partition coefficient (Wildman–Crippen LogP) is 0.644. The first-order valence-electron chi connectivity index (χ1n) is 3.09. The molecule has 0 unspecified atom stereocenters. The molecule has 0 heterocycles. The van der Waals surface area contributed by atoms with Gasteiger partial charge in [-0.15, -0.1) is 0 Å². The summed E-state index contributed by atoms with van der Waals surface area (Å²) in [4.78, 5) is 20.0. The second kappa shape index (κ2) is 4.65. The summed E-state index contributed by atoms with van der Waals surface area (Å²) in [7, 11) is 0. The molecule has 1 aromatic carbocycles. The molecule has 6 heteroatoms. The van der Waals surface area contributed by atoms with Crippen LogP contribution < -0.4 is 0 Å². The van der Waals surface area contributed by atoms with Gasteiger partial charge in [-0.3, -0.25) is 10.1 Å². The molecule has 13 heavy (non-hydrogen) atoms. The van der Waals surface area contributed by atoms with Crippen molar-refractivity contribution < 1.29 is 14.8 Å². The van der Waals surface area contributed by atoms with Gasteiger partial charge < -0.3 is 5.11 Å². The third-order valence-corrected chi connectivity index (χ3v) is 1.33. The Morgan fingerprint density at radius 1 is 1.38 bits per heavy atom. The predicted molar refractivity (Wildman–Crippen MR) is 47.2 cm³/mol. The number of para-hydroxylation sites is 1. The van der Waals surface area contributed by atoms with Crippen molar-refractivity contribution in [2.45, 2.75) is 0 Å². The molecule has 5 nitrogen and oxygen atoms in total. The summed E-state index contributed by atoms with van der Waals surface area (Å²) in [5.41, 5.74) is -0.674. The second-order valence-corrected chi connectivity index (χ2v) is 2.08. The number of hydrogen-bond donors (Lipinski definition) is 1. The molecule has 0 spiro atoms. The number of benzene rings is 1. The molecule has 0 atom stereocenters. The Labute approximate surface area is 85.7 Å². The fourth-order valence-electron chi connectivity index (χ4n) is 0.814. The van der Waals surface area contributed by atoms with Crippen molar-refractivity contribution in [3.63, 3.8) is 0 Å². The second-order valence-electron chi connectivity index (χ2n) is 2.08. The van der Waals surface area contributed by atoms with Crippen molar-refractivity contribution in [1.29, 1.82) is 0 Å². The Morgan fingerprint density at radius 3 is 2.31 bits per heavy atom. The van der Waals surface area contributed by atoms with E-state index in [-0.39, 0.29) is 30.1 Å². The molecule has 0 radical (unpaired) electrons. The van der Waals surface area contributed by atoms with E-state index in [1.807, 2.05) is 0 Å². The van der Waals surface area contributed by atoms with Crippen LogP contribution in [-0.4, -0.2) is 34.9 Å². The average molecular weight is 175 g/mol. The first-order chi connectivity index (χ1) is 5.63. The van der Waals surface area contributed by atoms with Gasteiger partial charge in [0, 0.05) is 6.07 Å². The summed E-state index contributed by atoms with van der Waals surface area (Å²) >= 11 is 0. The number of carboxylic acids is 1. The fourth-order valence-corrected chi connectivity index (χ4v) is 0.814. The quantitative estimate of drug-likeness (QED) is 0.406. The first kappa shape index (κ1) is 11.7. The van der Waals surface area contributed by atoms with Crippen LogP contribution >= 0.6 is 0 Å². The zero-order valence-corrected chi connectivity index (χ0v) is 5.93. The number of hydrogen-bond acceptors (Lipinski definition) is 3. The van der Waals surface area contributed by atoms with Gasteiger partial charge in [-0.05, 0) is 6.07 Å². The van der Waals surface area contributed by atoms with E-state index in [1.54, 1.807) is 0 Å². The topological polar surface area (TPSA) is 80.4 Å². The molecule has 0 fully saturated rings. The molecular formula is C7H6LiNO4. The molecule has 0 aliphatic carbocycles. The zero-order valence-electron chi connectivity index (χ0n) is 5.93. The molecule has 0 saturated carbocycles. The Morgan fingerprint density at radius 2 is 1.92 bits per heavy atom. The van der Waals surface area contributed by atoms with Crippen LogP contribution in [0.3, 0.4) is 0 Å². The maximum absolute atomic E-state index is 10.4. The molecule has 0 aliphatic rings. The number of aromatic carboxylic acids is 1. The number of nitrogens with zero attached hydrogens (tertiary/aromatic N) is 1. The van der Waals surface area contributed by atoms with E-state index < -0.39 is 10.9 Å². The molecule has 0 aromatic heterocycles. The minimum absolute atomic E-state index is 0. The van der Waals surface area contributed by atoms with Crippen LogP contribution in [0.25, 0.3) is 0 Å². The van der Waals surface area contributed by atoms with Gasteiger partial charge in [-0.25, -0.2) is 4.79 Å². The third kappa shape index (κ3) is 2.58. The van der Waals surface area contributed by atoms with Crippen LogP contribution in [0.1, 0.15) is 10.4 Å². The molecule has 1 rings (SSSR count). The van der Waals surface area contributed by atoms with Crippen molar-refractivity contribution in [2.75, 3.05) is 0 Å². The molecular weight excluding hydrogens is 169 g/mol. The average Bonchev–Trinajstić information content (AvgIpc) is 2.04. The summed E-state index contributed by atoms with van der Waals surface area (Å²) in [5.74, 6) is -1.29. The van der Waals surface area contributed by atoms with Gasteiger partial charge in [0.15, 0.2) is 0 Å². The zero-order chi connectivity index (χ0) is 9.14. The van der Waals surface area contributed by atoms with E-state index in [2.05, 4.69) is 0 Å². The van der Waals surface area contributed by atoms with Crippen molar-refractivity contribution in [2.24, 2.45) is 0 Å². The monoisotopic (exact) mass is 175 g/mol. The Balaban J connectivity index is 0.00000144. The number of nitro groups is 1. The number of carboxylic acid groups (broad SMARTS) is 1. The molecule has 0 amide bonds. The Bertz CT molecular complexity index is 306. The standard InChI is InChI=1S/C7H5NO4.Li.H/c9-7(10)5-3-1-2-4-6(5)8(11)12;;/h1-4H,(H,9,10);;. The van der Waals surface area contributed by atoms with E-state index >= 15 is 0 Å². The van der Waals surface area contributed by atoms with E-state index in [4.69, 9.17) is 5.11 Å². The van der Waals surface area contributed by atoms with Crippen molar-refractivity contribution in [1.82, 2.24) is 0 Å². The fraction of sp³-hybridized carbons (Fsp3) is 0. The maximum atomic E-state index is 10.4. The summed E-state index contributed by atoms with van der Waals surface area (Å²) in [6.07, 6.45) is 0. The van der Waals surface area contributed by atoms with Gasteiger partial charge in [0.2, 0.25) is 0 Å². The number of nitro benzene ring substituents is 1. The molecule has 64 valence electrons. The van der Waals surface area contributed by atoms with Gasteiger partial charge >= 0.3 is 24.8 Å². The van der Waals surface area contributed by atoms with Crippen LogP contribution in [0, 0.1) is 10.1 Å². The Hall–Kier alpha value is -1.31. The summed E-state index contributed by atoms with van der Waals surface area (Å²) in [6, 6.07) is 5.21. The molecule has 0 saturated heterocycles. The van der Waals surface area contributed by atoms with E-state index in [9.17, 15) is 14.9 Å². The van der Waals surface area contributed by atoms with E-state index in [0.717, 1.165) is 6.07 Å². The van der Waals surface area contributed by atoms with Crippen LogP contribution in [0.15, 0.2) is 24.3 Å². The van der Waals surface area contributed by atoms with Crippen molar-refractivity contribution in [3.8, 4) is 0 Å². The van der Waals surface area contributed by atoms with Crippen molar-refractivity contribution in [3.05, 3.63) is 39.9 Å². The van der Waals surface area contributed by atoms with Gasteiger partial charge in [-0.2, -0.15) is 0 Å².